The summed E-state index contributed by atoms with van der Waals surface area (Å²) in [4.78, 5) is 13.7. The zero-order valence-corrected chi connectivity index (χ0v) is 12.9. The second kappa shape index (κ2) is 7.40. The van der Waals surface area contributed by atoms with E-state index in [-0.39, 0.29) is 17.7 Å². The number of carbonyl (C=O) groups is 1. The van der Waals surface area contributed by atoms with Gasteiger partial charge in [-0.1, -0.05) is 25.1 Å². The molecular weight excluding hydrogens is 278 g/mol. The fourth-order valence-corrected chi connectivity index (χ4v) is 2.74. The molecule has 0 spiro atoms. The molecule has 0 atom stereocenters. The van der Waals surface area contributed by atoms with E-state index in [1.807, 2.05) is 32.0 Å². The van der Waals surface area contributed by atoms with Gasteiger partial charge < -0.3 is 4.90 Å². The summed E-state index contributed by atoms with van der Waals surface area (Å²) in [6.07, 6.45) is 0.461. The smallest absolute Gasteiger partial charge is 0.267 e. The van der Waals surface area contributed by atoms with Crippen LogP contribution in [0, 0.1) is 0 Å². The standard InChI is InChI=1S/C14H21NO4S/c1-4-10-20(17,18)19-11-14(16)15(12(2)3)13-8-6-5-7-9-13/h5-9,12H,4,10-11H2,1-3H3. The Morgan fingerprint density at radius 3 is 2.35 bits per heavy atom. The van der Waals surface area contributed by atoms with E-state index in [9.17, 15) is 13.2 Å². The van der Waals surface area contributed by atoms with Gasteiger partial charge in [0.1, 0.15) is 6.61 Å². The lowest BCUT2D eigenvalue weighted by Gasteiger charge is -2.26. The van der Waals surface area contributed by atoms with Crippen LogP contribution < -0.4 is 4.90 Å². The molecule has 0 unspecified atom stereocenters. The Bertz CT molecular complexity index is 525. The molecule has 1 rings (SSSR count). The van der Waals surface area contributed by atoms with Crippen molar-refractivity contribution in [2.24, 2.45) is 0 Å². The lowest BCUT2D eigenvalue weighted by molar-refractivity contribution is -0.120. The highest BCUT2D eigenvalue weighted by Gasteiger charge is 2.21. The average molecular weight is 299 g/mol. The van der Waals surface area contributed by atoms with E-state index in [0.717, 1.165) is 5.69 Å². The van der Waals surface area contributed by atoms with Gasteiger partial charge in [-0.3, -0.25) is 8.98 Å². The molecular formula is C14H21NO4S. The Kier molecular flexibility index (Phi) is 6.16. The van der Waals surface area contributed by atoms with Crippen LogP contribution >= 0.6 is 0 Å². The van der Waals surface area contributed by atoms with E-state index < -0.39 is 16.7 Å². The van der Waals surface area contributed by atoms with Gasteiger partial charge >= 0.3 is 0 Å². The molecule has 1 aromatic carbocycles. The van der Waals surface area contributed by atoms with Gasteiger partial charge in [0.2, 0.25) is 0 Å². The Labute approximate surface area is 120 Å². The average Bonchev–Trinajstić information content (AvgIpc) is 2.37. The molecule has 1 aromatic rings. The first-order valence-corrected chi connectivity index (χ1v) is 8.19. The molecule has 20 heavy (non-hydrogen) atoms. The Morgan fingerprint density at radius 1 is 1.25 bits per heavy atom. The van der Waals surface area contributed by atoms with Crippen molar-refractivity contribution in [3.63, 3.8) is 0 Å². The van der Waals surface area contributed by atoms with Crippen molar-refractivity contribution in [3.05, 3.63) is 30.3 Å². The van der Waals surface area contributed by atoms with Gasteiger partial charge in [-0.15, -0.1) is 0 Å². The molecule has 0 saturated carbocycles. The lowest BCUT2D eigenvalue weighted by atomic mass is 10.2. The van der Waals surface area contributed by atoms with E-state index in [0.29, 0.717) is 6.42 Å². The topological polar surface area (TPSA) is 63.7 Å². The van der Waals surface area contributed by atoms with Crippen LogP contribution in [-0.2, 0) is 19.1 Å². The van der Waals surface area contributed by atoms with Crippen molar-refractivity contribution >= 4 is 21.7 Å². The van der Waals surface area contributed by atoms with Crippen LogP contribution in [0.25, 0.3) is 0 Å². The minimum atomic E-state index is -3.62. The molecule has 0 N–H and O–H groups in total. The van der Waals surface area contributed by atoms with Crippen molar-refractivity contribution in [2.45, 2.75) is 33.2 Å². The van der Waals surface area contributed by atoms with Crippen LogP contribution in [0.2, 0.25) is 0 Å². The summed E-state index contributed by atoms with van der Waals surface area (Å²) in [6, 6.07) is 9.03. The molecule has 0 bridgehead atoms. The van der Waals surface area contributed by atoms with Gasteiger partial charge in [0.25, 0.3) is 16.0 Å². The van der Waals surface area contributed by atoms with Crippen LogP contribution in [0.15, 0.2) is 30.3 Å². The SMILES string of the molecule is CCCS(=O)(=O)OCC(=O)N(c1ccccc1)C(C)C. The second-order valence-corrected chi connectivity index (χ2v) is 6.48. The molecule has 0 fully saturated rings. The molecule has 0 radical (unpaired) electrons. The van der Waals surface area contributed by atoms with Crippen molar-refractivity contribution in [1.29, 1.82) is 0 Å². The van der Waals surface area contributed by atoms with Crippen LogP contribution in [0.3, 0.4) is 0 Å². The number of anilines is 1. The zero-order valence-electron chi connectivity index (χ0n) is 12.1. The van der Waals surface area contributed by atoms with E-state index in [1.54, 1.807) is 19.1 Å². The summed E-state index contributed by atoms with van der Waals surface area (Å²) in [6.45, 7) is 5.01. The monoisotopic (exact) mass is 299 g/mol. The van der Waals surface area contributed by atoms with Crippen molar-refractivity contribution < 1.29 is 17.4 Å². The fraction of sp³-hybridized carbons (Fsp3) is 0.500. The third-order valence-electron chi connectivity index (χ3n) is 2.64. The van der Waals surface area contributed by atoms with Gasteiger partial charge in [0.15, 0.2) is 0 Å². The maximum atomic E-state index is 12.2. The molecule has 0 aliphatic rings. The highest BCUT2D eigenvalue weighted by Crippen LogP contribution is 2.17. The molecule has 1 amide bonds. The van der Waals surface area contributed by atoms with Gasteiger partial charge in [-0.05, 0) is 32.4 Å². The zero-order chi connectivity index (χ0) is 15.2. The van der Waals surface area contributed by atoms with Gasteiger partial charge in [0.05, 0.1) is 5.75 Å². The first kappa shape index (κ1) is 16.7. The number of rotatable bonds is 7. The summed E-state index contributed by atoms with van der Waals surface area (Å²) >= 11 is 0. The van der Waals surface area contributed by atoms with Crippen molar-refractivity contribution in [1.82, 2.24) is 0 Å². The second-order valence-electron chi connectivity index (χ2n) is 4.72. The molecule has 0 aliphatic heterocycles. The van der Waals surface area contributed by atoms with E-state index in [4.69, 9.17) is 4.18 Å². The predicted molar refractivity (Wildman–Crippen MR) is 79.1 cm³/mol. The number of nitrogens with zero attached hydrogens (tertiary/aromatic N) is 1. The van der Waals surface area contributed by atoms with Crippen LogP contribution in [0.1, 0.15) is 27.2 Å². The summed E-state index contributed by atoms with van der Waals surface area (Å²) < 4.78 is 27.7. The van der Waals surface area contributed by atoms with Crippen LogP contribution in [0.4, 0.5) is 5.69 Å². The van der Waals surface area contributed by atoms with Gasteiger partial charge in [0, 0.05) is 11.7 Å². The van der Waals surface area contributed by atoms with E-state index in [1.165, 1.54) is 4.90 Å². The highest BCUT2D eigenvalue weighted by molar-refractivity contribution is 7.86. The molecule has 0 aliphatic carbocycles. The van der Waals surface area contributed by atoms with Gasteiger partial charge in [-0.2, -0.15) is 8.42 Å². The third-order valence-corrected chi connectivity index (χ3v) is 4.02. The fourth-order valence-electron chi connectivity index (χ4n) is 1.84. The van der Waals surface area contributed by atoms with Crippen LogP contribution in [0.5, 0.6) is 0 Å². The van der Waals surface area contributed by atoms with Crippen molar-refractivity contribution in [3.8, 4) is 0 Å². The third kappa shape index (κ3) is 4.94. The van der Waals surface area contributed by atoms with Crippen LogP contribution in [-0.4, -0.2) is 32.7 Å². The molecule has 6 heteroatoms. The molecule has 112 valence electrons. The Morgan fingerprint density at radius 2 is 1.85 bits per heavy atom. The predicted octanol–water partition coefficient (Wildman–Crippen LogP) is 2.18. The molecule has 0 heterocycles. The largest absolute Gasteiger partial charge is 0.308 e. The number of hydrogen-bond acceptors (Lipinski definition) is 4. The number of carbonyl (C=O) groups excluding carboxylic acids is 1. The normalized spacial score (nSPS) is 11.6. The molecule has 5 nitrogen and oxygen atoms in total. The Hall–Kier alpha value is -1.40. The van der Waals surface area contributed by atoms with Gasteiger partial charge in [-0.25, -0.2) is 0 Å². The number of para-hydroxylation sites is 1. The first-order valence-electron chi connectivity index (χ1n) is 6.61. The quantitative estimate of drug-likeness (QED) is 0.724. The Balaban J connectivity index is 2.77. The summed E-state index contributed by atoms with van der Waals surface area (Å²) in [7, 11) is -3.62. The minimum absolute atomic E-state index is 0.0761. The highest BCUT2D eigenvalue weighted by atomic mass is 32.2. The minimum Gasteiger partial charge on any atom is -0.308 e. The maximum absolute atomic E-state index is 12.2. The number of benzene rings is 1. The maximum Gasteiger partial charge on any atom is 0.267 e. The molecule has 0 aromatic heterocycles. The summed E-state index contributed by atoms with van der Waals surface area (Å²) in [5.74, 6) is -0.446. The van der Waals surface area contributed by atoms with Crippen molar-refractivity contribution in [2.75, 3.05) is 17.3 Å². The summed E-state index contributed by atoms with van der Waals surface area (Å²) in [5.41, 5.74) is 0.726. The van der Waals surface area contributed by atoms with E-state index >= 15 is 0 Å². The van der Waals surface area contributed by atoms with E-state index in [2.05, 4.69) is 0 Å². The number of hydrogen-bond donors (Lipinski definition) is 0. The number of amides is 1. The molecule has 0 saturated heterocycles. The summed E-state index contributed by atoms with van der Waals surface area (Å²) in [5, 5.41) is 0. The first-order chi connectivity index (χ1) is 9.37. The lowest BCUT2D eigenvalue weighted by Crippen LogP contribution is -2.40.